The van der Waals surface area contributed by atoms with Crippen molar-refractivity contribution in [1.82, 2.24) is 30.6 Å². The van der Waals surface area contributed by atoms with Crippen molar-refractivity contribution in [3.8, 4) is 0 Å². The van der Waals surface area contributed by atoms with E-state index in [9.17, 15) is 0 Å². The summed E-state index contributed by atoms with van der Waals surface area (Å²) in [5.74, 6) is 0. The zero-order valence-corrected chi connectivity index (χ0v) is 65.0. The smallest absolute Gasteiger partial charge is 0.0620 e. The summed E-state index contributed by atoms with van der Waals surface area (Å²) >= 11 is 0.849. The van der Waals surface area contributed by atoms with E-state index in [4.69, 9.17) is 43.4 Å². The molecule has 0 saturated carbocycles. The van der Waals surface area contributed by atoms with Crippen LogP contribution in [0.3, 0.4) is 0 Å². The predicted octanol–water partition coefficient (Wildman–Crippen LogP) is 14.0. The van der Waals surface area contributed by atoms with E-state index in [0.717, 1.165) is 108 Å². The number of hydrogen-bond acceptors (Lipinski definition) is 9. The van der Waals surface area contributed by atoms with Gasteiger partial charge in [-0.05, 0) is 126 Å². The van der Waals surface area contributed by atoms with Crippen LogP contribution in [0.5, 0.6) is 0 Å². The van der Waals surface area contributed by atoms with E-state index in [0.29, 0.717) is 0 Å². The molecule has 2 atom stereocenters. The normalized spacial score (nSPS) is 9.37. The Balaban J connectivity index is -0.000000222. The summed E-state index contributed by atoms with van der Waals surface area (Å²) in [4.78, 5) is 40.0. The summed E-state index contributed by atoms with van der Waals surface area (Å²) in [5, 5.41) is 19.7. The SMILES string of the molecule is CC(C)[PH+](CC[N-]Cc1ccccn1)C(C)C.C[CH-]C.PPCC[N-]Cc1ccccn1.[CH-]=O.[CH-]=O.[CH-]=O.[CH2-]CCNCc1ccccn1.[CH2-]CCNCc1ccccn1.[Cl][OsH].[Cl][Ru+2][Cl].[RuH+3].[RuH].c1ccc([PH+](c2ccccc2)c2ccccc2)cc1. The number of hydrogen-bond donors (Lipinski definition) is 2. The van der Waals surface area contributed by atoms with Crippen molar-refractivity contribution in [2.45, 2.75) is 91.9 Å². The molecule has 7 aromatic rings. The van der Waals surface area contributed by atoms with Crippen molar-refractivity contribution in [1.29, 1.82) is 0 Å². The fraction of sp³-hybridized carbons (Fsp3) is 0.312. The molecule has 7 rings (SSSR count). The van der Waals surface area contributed by atoms with Crippen LogP contribution in [-0.4, -0.2) is 90.1 Å². The second-order valence-corrected chi connectivity index (χ2v) is 28.5. The van der Waals surface area contributed by atoms with Gasteiger partial charge in [-0.25, -0.2) is 0 Å². The van der Waals surface area contributed by atoms with Gasteiger partial charge in [-0.3, -0.25) is 40.3 Å². The molecule has 0 aliphatic rings. The Bertz CT molecular complexity index is 2200. The van der Waals surface area contributed by atoms with Gasteiger partial charge in [0.15, 0.2) is 0 Å². The summed E-state index contributed by atoms with van der Waals surface area (Å²) < 4.78 is 0. The Morgan fingerprint density at radius 3 is 1.09 bits per heavy atom. The van der Waals surface area contributed by atoms with Crippen LogP contribution in [0.4, 0.5) is 0 Å². The van der Waals surface area contributed by atoms with Gasteiger partial charge in [0.1, 0.15) is 15.9 Å². The van der Waals surface area contributed by atoms with Gasteiger partial charge < -0.3 is 55.9 Å². The molecule has 86 heavy (non-hydrogen) atoms. The summed E-state index contributed by atoms with van der Waals surface area (Å²) in [5.41, 5.74) is 6.01. The maximum absolute atomic E-state index is 7.75. The van der Waals surface area contributed by atoms with E-state index < -0.39 is 7.92 Å². The Morgan fingerprint density at radius 2 is 0.837 bits per heavy atom. The van der Waals surface area contributed by atoms with E-state index in [1.165, 1.54) is 45.8 Å². The van der Waals surface area contributed by atoms with E-state index >= 15 is 0 Å². The Hall–Kier alpha value is -1.79. The Labute approximate surface area is 582 Å². The van der Waals surface area contributed by atoms with Crippen molar-refractivity contribution in [3.05, 3.63) is 242 Å². The van der Waals surface area contributed by atoms with E-state index in [1.807, 2.05) is 105 Å². The van der Waals surface area contributed by atoms with Crippen LogP contribution in [-0.2, 0) is 112 Å². The first kappa shape index (κ1) is 95.3. The van der Waals surface area contributed by atoms with E-state index in [-0.39, 0.29) is 62.0 Å². The molecule has 22 heteroatoms. The molecule has 481 valence electrons. The summed E-state index contributed by atoms with van der Waals surface area (Å²) in [6.07, 6.45) is 13.6. The molecule has 11 nitrogen and oxygen atoms in total. The topological polar surface area (TPSA) is 155 Å². The first-order chi connectivity index (χ1) is 41.2. The van der Waals surface area contributed by atoms with Gasteiger partial charge in [-0.15, -0.1) is 43.4 Å². The van der Waals surface area contributed by atoms with Crippen LogP contribution in [0.1, 0.15) is 77.2 Å². The van der Waals surface area contributed by atoms with Gasteiger partial charge in [0, 0.05) is 63.3 Å². The minimum atomic E-state index is -0.877. The molecular weight excluding hydrogens is 1650 g/mol. The Kier molecular flexibility index (Phi) is 85.8. The second kappa shape index (κ2) is 77.5. The van der Waals surface area contributed by atoms with Gasteiger partial charge in [0.05, 0.1) is 30.6 Å². The van der Waals surface area contributed by atoms with Gasteiger partial charge >= 0.3 is 101 Å². The third-order valence-corrected chi connectivity index (χ3v) is 18.3. The number of pyridine rings is 4. The molecule has 0 amide bonds. The number of halogens is 3. The van der Waals surface area contributed by atoms with Crippen LogP contribution >= 0.6 is 62.1 Å². The number of aromatic nitrogens is 4. The summed E-state index contributed by atoms with van der Waals surface area (Å²) in [7, 11) is 16.9. The first-order valence-electron chi connectivity index (χ1n) is 26.8. The average molecular weight is 1750 g/mol. The Morgan fingerprint density at radius 1 is 0.558 bits per heavy atom. The number of carbonyl (C=O) groups excluding carboxylic acids is 3. The first-order valence-corrected chi connectivity index (χ1v) is 41.0. The van der Waals surface area contributed by atoms with Crippen molar-refractivity contribution >= 4 is 98.3 Å². The molecule has 0 aliphatic heterocycles. The molecule has 0 aliphatic carbocycles. The molecule has 2 unspecified atom stereocenters. The molecule has 0 saturated heterocycles. The second-order valence-electron chi connectivity index (χ2n) is 17.2. The van der Waals surface area contributed by atoms with Crippen molar-refractivity contribution in [3.63, 3.8) is 0 Å². The van der Waals surface area contributed by atoms with Gasteiger partial charge in [0.25, 0.3) is 0 Å². The largest absolute Gasteiger partial charge is 0.102 e. The van der Waals surface area contributed by atoms with Crippen LogP contribution < -0.4 is 26.5 Å². The standard InChI is InChI=1S/C18H15P.C14H24N2P.2C9H13N2.C8H13N2P2.C3H7.3CHO.3ClH.Os.3Ru.3H/c1-4-10-16(11-5-1)19(17-12-6-2-7-13-17)18-14-8-3-9-15-18;1-12(2)17(13(3)4)10-9-15-11-14-7-5-6-8-16-14;2*1-2-6-10-8-9-5-3-4-7-11-9;11-12-6-5-9-7-8-3-1-2-4-10-8;1-3-2;3*1-2;;;;;;;;;;/h1-15H;5-8,12-13H,9-11H2,1-4H3;2*3-5,7,10H,1-2,6,8H2;1-4,12H,5-7,11H2;3H,1-2H3;3*1H;3*1H;;;;;;;/q;8*-1;;;;+1;;+3;+4;;;/p-1. The van der Waals surface area contributed by atoms with Gasteiger partial charge in [-0.1, -0.05) is 85.0 Å². The van der Waals surface area contributed by atoms with Gasteiger partial charge in [0.2, 0.25) is 0 Å². The molecular formula is C64H93Cl3N8O3OsP4Ru3-. The number of nitrogens with one attached hydrogen (secondary N) is 2. The third-order valence-electron chi connectivity index (χ3n) is 10.4. The monoisotopic (exact) mass is 1750 g/mol. The zero-order valence-electron chi connectivity index (χ0n) is 50.4. The predicted molar refractivity (Wildman–Crippen MR) is 375 cm³/mol. The number of rotatable bonds is 23. The van der Waals surface area contributed by atoms with Gasteiger partial charge in [-0.2, -0.15) is 26.7 Å². The number of nitrogens with zero attached hydrogens (tertiary/aromatic N) is 6. The molecule has 4 aromatic heterocycles. The molecule has 1 radical (unpaired) electrons. The maximum Gasteiger partial charge on any atom is 0.102 e. The van der Waals surface area contributed by atoms with Crippen LogP contribution in [0.15, 0.2) is 189 Å². The molecule has 2 N–H and O–H groups in total. The molecule has 0 fully saturated rings. The van der Waals surface area contributed by atoms with Crippen LogP contribution in [0.2, 0.25) is 0 Å². The van der Waals surface area contributed by atoms with Crippen LogP contribution in [0.25, 0.3) is 10.6 Å². The summed E-state index contributed by atoms with van der Waals surface area (Å²) in [6.45, 7) is 37.7. The minimum Gasteiger partial charge on any atom is -0.0620 e. The molecule has 4 heterocycles. The van der Waals surface area contributed by atoms with Crippen molar-refractivity contribution < 1.29 is 86.1 Å². The van der Waals surface area contributed by atoms with Crippen molar-refractivity contribution in [2.75, 3.05) is 38.5 Å². The molecule has 0 bridgehead atoms. The third kappa shape index (κ3) is 57.4. The van der Waals surface area contributed by atoms with E-state index in [1.54, 1.807) is 12.4 Å². The van der Waals surface area contributed by atoms with Crippen molar-refractivity contribution in [2.24, 2.45) is 0 Å². The maximum atomic E-state index is 7.75. The fourth-order valence-electron chi connectivity index (χ4n) is 6.97. The average Bonchev–Trinajstić information content (AvgIpc) is 3.48. The molecule has 3 aromatic carbocycles. The quantitative estimate of drug-likeness (QED) is 0.0209. The zero-order chi connectivity index (χ0) is 63.5. The fourth-order valence-corrected chi connectivity index (χ4v) is 13.1. The number of benzene rings is 3. The minimum absolute atomic E-state index is 0. The molecule has 0 spiro atoms. The van der Waals surface area contributed by atoms with Crippen LogP contribution in [0, 0.1) is 20.3 Å². The summed E-state index contributed by atoms with van der Waals surface area (Å²) in [6, 6.07) is 56.3. The van der Waals surface area contributed by atoms with E-state index in [2.05, 4.69) is 203 Å².